The van der Waals surface area contributed by atoms with E-state index in [0.717, 1.165) is 0 Å². The molecule has 0 spiro atoms. The van der Waals surface area contributed by atoms with Crippen LogP contribution < -0.4 is 5.32 Å². The minimum Gasteiger partial charge on any atom is -0.481 e. The van der Waals surface area contributed by atoms with Crippen molar-refractivity contribution < 1.29 is 24.6 Å². The van der Waals surface area contributed by atoms with E-state index in [0.29, 0.717) is 5.56 Å². The molecule has 0 fully saturated rings. The van der Waals surface area contributed by atoms with Crippen LogP contribution in [0.1, 0.15) is 18.4 Å². The molecule has 8 nitrogen and oxygen atoms in total. The van der Waals surface area contributed by atoms with E-state index in [9.17, 15) is 14.4 Å². The van der Waals surface area contributed by atoms with Crippen molar-refractivity contribution in [2.24, 2.45) is 7.05 Å². The minimum absolute atomic E-state index is 0.170. The average Bonchev–Trinajstić information content (AvgIpc) is 2.77. The van der Waals surface area contributed by atoms with Gasteiger partial charge in [-0.3, -0.25) is 14.3 Å². The molecule has 3 N–H and O–H groups in total. The van der Waals surface area contributed by atoms with E-state index in [1.54, 1.807) is 24.1 Å². The van der Waals surface area contributed by atoms with Gasteiger partial charge in [-0.1, -0.05) is 0 Å². The molecule has 1 atom stereocenters. The Kier molecular flexibility index (Phi) is 5.45. The van der Waals surface area contributed by atoms with Crippen molar-refractivity contribution in [3.05, 3.63) is 24.0 Å². The fourth-order valence-electron chi connectivity index (χ4n) is 1.44. The van der Waals surface area contributed by atoms with Crippen molar-refractivity contribution in [1.82, 2.24) is 15.1 Å². The number of aryl methyl sites for hydroxylation is 1. The molecule has 1 heterocycles. The lowest BCUT2D eigenvalue weighted by Gasteiger charge is -2.11. The van der Waals surface area contributed by atoms with E-state index in [1.807, 2.05) is 0 Å². The first-order valence-corrected chi connectivity index (χ1v) is 5.80. The van der Waals surface area contributed by atoms with Crippen LogP contribution in [0.5, 0.6) is 0 Å². The Bertz CT molecular complexity index is 535. The Labute approximate surface area is 114 Å². The second-order valence-electron chi connectivity index (χ2n) is 4.11. The SMILES string of the molecule is Cn1cc(/C=C/C(=O)NC(CCC(=O)O)C(=O)O)cn1. The van der Waals surface area contributed by atoms with Gasteiger partial charge in [0, 0.05) is 31.3 Å². The van der Waals surface area contributed by atoms with Gasteiger partial charge in [0.05, 0.1) is 6.20 Å². The van der Waals surface area contributed by atoms with Crippen molar-refractivity contribution >= 4 is 23.9 Å². The van der Waals surface area contributed by atoms with Crippen LogP contribution in [0.4, 0.5) is 0 Å². The highest BCUT2D eigenvalue weighted by Gasteiger charge is 2.19. The first-order valence-electron chi connectivity index (χ1n) is 5.80. The fourth-order valence-corrected chi connectivity index (χ4v) is 1.44. The van der Waals surface area contributed by atoms with Gasteiger partial charge in [-0.2, -0.15) is 5.10 Å². The molecular weight excluding hydrogens is 266 g/mol. The van der Waals surface area contributed by atoms with Crippen LogP contribution >= 0.6 is 0 Å². The van der Waals surface area contributed by atoms with Crippen LogP contribution in [-0.2, 0) is 21.4 Å². The molecule has 0 saturated heterocycles. The number of nitrogens with one attached hydrogen (secondary N) is 1. The maximum absolute atomic E-state index is 11.5. The number of nitrogens with zero attached hydrogens (tertiary/aromatic N) is 2. The molecule has 20 heavy (non-hydrogen) atoms. The smallest absolute Gasteiger partial charge is 0.326 e. The molecule has 1 aromatic rings. The van der Waals surface area contributed by atoms with Gasteiger partial charge in [-0.25, -0.2) is 4.79 Å². The molecule has 108 valence electrons. The highest BCUT2D eigenvalue weighted by molar-refractivity contribution is 5.94. The normalized spacial score (nSPS) is 12.2. The van der Waals surface area contributed by atoms with Gasteiger partial charge in [0.25, 0.3) is 0 Å². The molecule has 1 amide bonds. The molecule has 0 aromatic carbocycles. The van der Waals surface area contributed by atoms with E-state index in [1.165, 1.54) is 12.2 Å². The number of carboxylic acid groups (broad SMARTS) is 2. The van der Waals surface area contributed by atoms with Gasteiger partial charge in [0.15, 0.2) is 0 Å². The van der Waals surface area contributed by atoms with E-state index in [2.05, 4.69) is 10.4 Å². The molecule has 0 aliphatic rings. The minimum atomic E-state index is -1.27. The Morgan fingerprint density at radius 2 is 2.15 bits per heavy atom. The zero-order chi connectivity index (χ0) is 15.1. The summed E-state index contributed by atoms with van der Waals surface area (Å²) in [5.41, 5.74) is 0.695. The number of amides is 1. The van der Waals surface area contributed by atoms with Crippen LogP contribution in [0, 0.1) is 0 Å². The van der Waals surface area contributed by atoms with Crippen molar-refractivity contribution in [2.75, 3.05) is 0 Å². The summed E-state index contributed by atoms with van der Waals surface area (Å²) in [6.45, 7) is 0. The first-order chi connectivity index (χ1) is 9.38. The number of aliphatic carboxylic acids is 2. The van der Waals surface area contributed by atoms with Crippen LogP contribution in [0.25, 0.3) is 6.08 Å². The van der Waals surface area contributed by atoms with Gasteiger partial charge in [0.1, 0.15) is 6.04 Å². The summed E-state index contributed by atoms with van der Waals surface area (Å²) in [4.78, 5) is 32.8. The zero-order valence-electron chi connectivity index (χ0n) is 10.8. The highest BCUT2D eigenvalue weighted by Crippen LogP contribution is 2.01. The second kappa shape index (κ2) is 7.07. The van der Waals surface area contributed by atoms with Crippen molar-refractivity contribution in [1.29, 1.82) is 0 Å². The quantitative estimate of drug-likeness (QED) is 0.598. The molecule has 1 rings (SSSR count). The summed E-state index contributed by atoms with van der Waals surface area (Å²) in [5, 5.41) is 23.5. The topological polar surface area (TPSA) is 122 Å². The van der Waals surface area contributed by atoms with Crippen LogP contribution in [0.2, 0.25) is 0 Å². The molecule has 1 aromatic heterocycles. The summed E-state index contributed by atoms with van der Waals surface area (Å²) in [5.74, 6) is -2.99. The lowest BCUT2D eigenvalue weighted by molar-refractivity contribution is -0.142. The lowest BCUT2D eigenvalue weighted by Crippen LogP contribution is -2.40. The Hall–Kier alpha value is -2.64. The van der Waals surface area contributed by atoms with E-state index in [4.69, 9.17) is 10.2 Å². The number of carbonyl (C=O) groups is 3. The third-order valence-corrected chi connectivity index (χ3v) is 2.41. The summed E-state index contributed by atoms with van der Waals surface area (Å²) in [7, 11) is 1.73. The molecule has 8 heteroatoms. The number of hydrogen-bond donors (Lipinski definition) is 3. The molecule has 0 bridgehead atoms. The predicted molar refractivity (Wildman–Crippen MR) is 68.7 cm³/mol. The number of rotatable bonds is 7. The summed E-state index contributed by atoms with van der Waals surface area (Å²) >= 11 is 0. The zero-order valence-corrected chi connectivity index (χ0v) is 10.8. The Morgan fingerprint density at radius 1 is 1.45 bits per heavy atom. The van der Waals surface area contributed by atoms with Gasteiger partial charge in [-0.05, 0) is 12.5 Å². The third kappa shape index (κ3) is 5.34. The van der Waals surface area contributed by atoms with E-state index in [-0.39, 0.29) is 12.8 Å². The fraction of sp³-hybridized carbons (Fsp3) is 0.333. The van der Waals surface area contributed by atoms with Gasteiger partial charge in [0.2, 0.25) is 5.91 Å². The van der Waals surface area contributed by atoms with E-state index < -0.39 is 23.9 Å². The summed E-state index contributed by atoms with van der Waals surface area (Å²) in [6.07, 6.45) is 5.39. The number of hydrogen-bond acceptors (Lipinski definition) is 4. The van der Waals surface area contributed by atoms with Crippen LogP contribution in [-0.4, -0.2) is 43.9 Å². The van der Waals surface area contributed by atoms with Crippen molar-refractivity contribution in [3.63, 3.8) is 0 Å². The molecule has 0 saturated carbocycles. The van der Waals surface area contributed by atoms with Gasteiger partial charge < -0.3 is 15.5 Å². The summed E-state index contributed by atoms with van der Waals surface area (Å²) < 4.78 is 1.56. The monoisotopic (exact) mass is 281 g/mol. The van der Waals surface area contributed by atoms with Gasteiger partial charge in [-0.15, -0.1) is 0 Å². The largest absolute Gasteiger partial charge is 0.481 e. The molecule has 0 aliphatic carbocycles. The second-order valence-corrected chi connectivity index (χ2v) is 4.11. The number of carbonyl (C=O) groups excluding carboxylic acids is 1. The Morgan fingerprint density at radius 3 is 2.65 bits per heavy atom. The average molecular weight is 281 g/mol. The van der Waals surface area contributed by atoms with Crippen molar-refractivity contribution in [2.45, 2.75) is 18.9 Å². The molecule has 1 unspecified atom stereocenters. The highest BCUT2D eigenvalue weighted by atomic mass is 16.4. The number of carboxylic acids is 2. The van der Waals surface area contributed by atoms with E-state index >= 15 is 0 Å². The summed E-state index contributed by atoms with van der Waals surface area (Å²) in [6, 6.07) is -1.22. The van der Waals surface area contributed by atoms with Gasteiger partial charge >= 0.3 is 11.9 Å². The molecular formula is C12H15N3O5. The van der Waals surface area contributed by atoms with Crippen LogP contribution in [0.3, 0.4) is 0 Å². The first kappa shape index (κ1) is 15.4. The van der Waals surface area contributed by atoms with Crippen molar-refractivity contribution in [3.8, 4) is 0 Å². The maximum Gasteiger partial charge on any atom is 0.326 e. The Balaban J connectivity index is 2.55. The van der Waals surface area contributed by atoms with Crippen LogP contribution in [0.15, 0.2) is 18.5 Å². The molecule has 0 radical (unpaired) electrons. The predicted octanol–water partition coefficient (Wildman–Crippen LogP) is -0.132. The maximum atomic E-state index is 11.5. The lowest BCUT2D eigenvalue weighted by atomic mass is 10.1. The number of aromatic nitrogens is 2. The molecule has 0 aliphatic heterocycles. The standard InChI is InChI=1S/C12H15N3O5/c1-15-7-8(6-13-15)2-4-10(16)14-9(12(19)20)3-5-11(17)18/h2,4,6-7,9H,3,5H2,1H3,(H,14,16)(H,17,18)(H,19,20)/b4-2+. The third-order valence-electron chi connectivity index (χ3n) is 2.41.